The van der Waals surface area contributed by atoms with E-state index in [4.69, 9.17) is 13.9 Å². The summed E-state index contributed by atoms with van der Waals surface area (Å²) in [6.07, 6.45) is 2.06. The van der Waals surface area contributed by atoms with Crippen molar-refractivity contribution in [2.45, 2.75) is 51.1 Å². The van der Waals surface area contributed by atoms with Gasteiger partial charge in [0.05, 0.1) is 22.3 Å². The quantitative estimate of drug-likeness (QED) is 0.444. The zero-order valence-corrected chi connectivity index (χ0v) is 19.6. The second-order valence-electron chi connectivity index (χ2n) is 9.53. The van der Waals surface area contributed by atoms with Crippen molar-refractivity contribution in [1.29, 1.82) is 0 Å². The number of hydrogen-bond acceptors (Lipinski definition) is 8. The van der Waals surface area contributed by atoms with E-state index in [0.29, 0.717) is 5.56 Å². The van der Waals surface area contributed by atoms with Crippen LogP contribution in [-0.2, 0) is 4.74 Å². The van der Waals surface area contributed by atoms with E-state index in [2.05, 4.69) is 0 Å². The van der Waals surface area contributed by atoms with Crippen LogP contribution in [0.25, 0.3) is 28.2 Å². The monoisotopic (exact) mass is 468 g/mol. The van der Waals surface area contributed by atoms with Gasteiger partial charge in [-0.1, -0.05) is 12.1 Å². The third kappa shape index (κ3) is 3.94. The van der Waals surface area contributed by atoms with Crippen molar-refractivity contribution >= 4 is 17.0 Å². The summed E-state index contributed by atoms with van der Waals surface area (Å²) in [5, 5.41) is 42.1. The fourth-order valence-electron chi connectivity index (χ4n) is 4.09. The maximum Gasteiger partial charge on any atom is 0.204 e. The van der Waals surface area contributed by atoms with E-state index in [9.17, 15) is 25.2 Å². The maximum absolute atomic E-state index is 13.6. The predicted molar refractivity (Wildman–Crippen MR) is 127 cm³/mol. The minimum atomic E-state index is -1.57. The van der Waals surface area contributed by atoms with Gasteiger partial charge in [0.15, 0.2) is 5.58 Å². The van der Waals surface area contributed by atoms with Gasteiger partial charge in [0.1, 0.15) is 46.7 Å². The van der Waals surface area contributed by atoms with Gasteiger partial charge in [-0.25, -0.2) is 0 Å². The minimum Gasteiger partial charge on any atom is -0.508 e. The van der Waals surface area contributed by atoms with E-state index in [1.165, 1.54) is 39.4 Å². The zero-order chi connectivity index (χ0) is 25.0. The van der Waals surface area contributed by atoms with E-state index in [1.54, 1.807) is 24.3 Å². The molecule has 0 saturated carbocycles. The molecule has 1 aliphatic heterocycles. The molecule has 0 fully saturated rings. The molecule has 2 aromatic carbocycles. The summed E-state index contributed by atoms with van der Waals surface area (Å²) in [6, 6.07) is 6.00. The van der Waals surface area contributed by atoms with E-state index < -0.39 is 28.8 Å². The van der Waals surface area contributed by atoms with Gasteiger partial charge in [-0.2, -0.15) is 0 Å². The molecule has 8 heteroatoms. The first-order valence-electron chi connectivity index (χ1n) is 10.8. The summed E-state index contributed by atoms with van der Waals surface area (Å²) < 4.78 is 17.6. The molecule has 0 aliphatic carbocycles. The van der Waals surface area contributed by atoms with Crippen LogP contribution in [0.2, 0.25) is 0 Å². The van der Waals surface area contributed by atoms with Gasteiger partial charge < -0.3 is 34.3 Å². The molecule has 0 radical (unpaired) electrons. The van der Waals surface area contributed by atoms with Crippen molar-refractivity contribution in [3.05, 3.63) is 58.0 Å². The van der Waals surface area contributed by atoms with Crippen LogP contribution in [0, 0.1) is 0 Å². The summed E-state index contributed by atoms with van der Waals surface area (Å²) >= 11 is 0. The first-order valence-corrected chi connectivity index (χ1v) is 10.8. The Morgan fingerprint density at radius 1 is 1.12 bits per heavy atom. The molecule has 34 heavy (non-hydrogen) atoms. The predicted octanol–water partition coefficient (Wildman–Crippen LogP) is 3.87. The number of phenols is 2. The van der Waals surface area contributed by atoms with Crippen LogP contribution in [0.1, 0.15) is 44.9 Å². The number of rotatable bonds is 5. The molecule has 0 spiro atoms. The minimum absolute atomic E-state index is 0.0231. The molecule has 1 aromatic heterocycles. The first kappa shape index (κ1) is 23.8. The number of phenolic OH excluding ortho intramolecular Hbond substituents is 2. The summed E-state index contributed by atoms with van der Waals surface area (Å²) in [5.74, 6) is -0.0998. The summed E-state index contributed by atoms with van der Waals surface area (Å²) in [5.41, 5.74) is -1.76. The van der Waals surface area contributed by atoms with Gasteiger partial charge in [0.2, 0.25) is 5.43 Å². The second kappa shape index (κ2) is 8.16. The van der Waals surface area contributed by atoms with Crippen LogP contribution in [0.15, 0.2) is 45.8 Å². The van der Waals surface area contributed by atoms with E-state index in [1.807, 2.05) is 13.8 Å². The number of methoxy groups -OCH3 is 1. The summed E-state index contributed by atoms with van der Waals surface area (Å²) in [4.78, 5) is 13.6. The molecule has 180 valence electrons. The Kier molecular flexibility index (Phi) is 5.72. The Morgan fingerprint density at radius 2 is 1.76 bits per heavy atom. The Morgan fingerprint density at radius 3 is 2.35 bits per heavy atom. The Labute approximate surface area is 196 Å². The third-order valence-corrected chi connectivity index (χ3v) is 5.96. The fraction of sp³-hybridized carbons (Fsp3) is 0.346. The van der Waals surface area contributed by atoms with Crippen molar-refractivity contribution in [2.75, 3.05) is 7.11 Å². The lowest BCUT2D eigenvalue weighted by Gasteiger charge is -2.35. The molecule has 2 atom stereocenters. The highest BCUT2D eigenvalue weighted by atomic mass is 16.5. The highest BCUT2D eigenvalue weighted by molar-refractivity contribution is 5.96. The number of aromatic hydroxyl groups is 2. The molecule has 0 amide bonds. The molecular weight excluding hydrogens is 440 g/mol. The van der Waals surface area contributed by atoms with Gasteiger partial charge in [-0.15, -0.1) is 0 Å². The molecule has 2 heterocycles. The van der Waals surface area contributed by atoms with Crippen molar-refractivity contribution in [3.63, 3.8) is 0 Å². The van der Waals surface area contributed by atoms with Crippen LogP contribution >= 0.6 is 0 Å². The topological polar surface area (TPSA) is 130 Å². The number of fused-ring (bicyclic) bond motifs is 2. The van der Waals surface area contributed by atoms with E-state index in [-0.39, 0.29) is 44.9 Å². The molecule has 4 rings (SSSR count). The summed E-state index contributed by atoms with van der Waals surface area (Å²) in [6.45, 7) is 6.50. The molecular formula is C26H28O8. The van der Waals surface area contributed by atoms with Crippen molar-refractivity contribution in [2.24, 2.45) is 0 Å². The van der Waals surface area contributed by atoms with Gasteiger partial charge in [0.25, 0.3) is 0 Å². The molecule has 3 aromatic rings. The van der Waals surface area contributed by atoms with Gasteiger partial charge in [0, 0.05) is 7.11 Å². The average molecular weight is 469 g/mol. The molecule has 8 nitrogen and oxygen atoms in total. The zero-order valence-electron chi connectivity index (χ0n) is 19.6. The third-order valence-electron chi connectivity index (χ3n) is 5.96. The molecule has 1 aliphatic rings. The van der Waals surface area contributed by atoms with Crippen LogP contribution in [-0.4, -0.2) is 44.8 Å². The lowest BCUT2D eigenvalue weighted by Crippen LogP contribution is -2.41. The first-order chi connectivity index (χ1) is 15.9. The second-order valence-corrected chi connectivity index (χ2v) is 9.53. The van der Waals surface area contributed by atoms with Gasteiger partial charge in [-0.3, -0.25) is 4.79 Å². The number of ether oxygens (including phenoxy) is 2. The number of hydrogen-bond donors (Lipinski definition) is 4. The SMILES string of the molecule is COC(c1c2c(c(O)c3c(=O)c(-c4ccc(O)cc4)coc13)C=CC(C)(C)O2)C(O)C(C)(C)O. The largest absolute Gasteiger partial charge is 0.508 e. The highest BCUT2D eigenvalue weighted by Gasteiger charge is 2.40. The van der Waals surface area contributed by atoms with E-state index >= 15 is 0 Å². The standard InChI is InChI=1S/C26H28O8/c1-25(2)11-10-15-19(28)17-20(29)16(13-6-8-14(27)9-7-13)12-33-22(17)18(21(15)34-25)23(32-5)24(30)26(3,4)31/h6-12,23-24,27-28,30-31H,1-5H3. The molecule has 2 unspecified atom stereocenters. The van der Waals surface area contributed by atoms with Crippen molar-refractivity contribution < 1.29 is 34.3 Å². The number of aliphatic hydroxyl groups excluding tert-OH is 1. The Bertz CT molecular complexity index is 1330. The lowest BCUT2D eigenvalue weighted by molar-refractivity contribution is -0.119. The summed E-state index contributed by atoms with van der Waals surface area (Å²) in [7, 11) is 1.36. The lowest BCUT2D eigenvalue weighted by atomic mass is 9.87. The Balaban J connectivity index is 2.10. The molecule has 0 saturated heterocycles. The Hall–Kier alpha value is -3.33. The van der Waals surface area contributed by atoms with Crippen LogP contribution in [0.3, 0.4) is 0 Å². The van der Waals surface area contributed by atoms with Gasteiger partial charge >= 0.3 is 0 Å². The highest BCUT2D eigenvalue weighted by Crippen LogP contribution is 2.48. The molecule has 0 bridgehead atoms. The average Bonchev–Trinajstić information content (AvgIpc) is 2.75. The van der Waals surface area contributed by atoms with Crippen molar-refractivity contribution in [1.82, 2.24) is 0 Å². The molecule has 4 N–H and O–H groups in total. The normalized spacial score (nSPS) is 16.7. The van der Waals surface area contributed by atoms with Crippen molar-refractivity contribution in [3.8, 4) is 28.4 Å². The fourth-order valence-corrected chi connectivity index (χ4v) is 4.09. The van der Waals surface area contributed by atoms with E-state index in [0.717, 1.165) is 0 Å². The van der Waals surface area contributed by atoms with Crippen LogP contribution in [0.4, 0.5) is 0 Å². The van der Waals surface area contributed by atoms with Crippen LogP contribution in [0.5, 0.6) is 17.2 Å². The smallest absolute Gasteiger partial charge is 0.204 e. The number of aliphatic hydroxyl groups is 2. The maximum atomic E-state index is 13.6. The van der Waals surface area contributed by atoms with Crippen LogP contribution < -0.4 is 10.2 Å². The van der Waals surface area contributed by atoms with Gasteiger partial charge in [-0.05, 0) is 57.5 Å². The number of benzene rings is 2.